The predicted molar refractivity (Wildman–Crippen MR) is 157 cm³/mol. The SMILES string of the molecule is CN1CCC(NC(=O)c2ccc(O)c(C=NCCN=Cc3cc(C(=O)NC4CCN(C)CC4)ccc3O)c2)CC1. The third kappa shape index (κ3) is 8.37. The molecule has 0 saturated carbocycles. The number of carbonyl (C=O) groups excluding carboxylic acids is 2. The Morgan fingerprint density at radius 1 is 0.750 bits per heavy atom. The molecule has 2 amide bonds. The summed E-state index contributed by atoms with van der Waals surface area (Å²) in [4.78, 5) is 38.5. The van der Waals surface area contributed by atoms with Crippen LogP contribution in [0.5, 0.6) is 11.5 Å². The van der Waals surface area contributed by atoms with Crippen LogP contribution < -0.4 is 10.6 Å². The van der Waals surface area contributed by atoms with Gasteiger partial charge in [-0.15, -0.1) is 0 Å². The summed E-state index contributed by atoms with van der Waals surface area (Å²) in [5.74, 6) is -0.224. The maximum Gasteiger partial charge on any atom is 0.251 e. The Kier molecular flexibility index (Phi) is 10.3. The third-order valence-corrected chi connectivity index (χ3v) is 7.51. The number of hydrogen-bond donors (Lipinski definition) is 4. The molecule has 0 aromatic heterocycles. The van der Waals surface area contributed by atoms with Crippen LogP contribution in [0.25, 0.3) is 0 Å². The van der Waals surface area contributed by atoms with Gasteiger partial charge in [0.15, 0.2) is 0 Å². The molecule has 214 valence electrons. The van der Waals surface area contributed by atoms with Crippen LogP contribution in [0.2, 0.25) is 0 Å². The van der Waals surface area contributed by atoms with Crippen LogP contribution >= 0.6 is 0 Å². The predicted octanol–water partition coefficient (Wildman–Crippen LogP) is 2.28. The molecule has 10 heteroatoms. The smallest absolute Gasteiger partial charge is 0.251 e. The molecule has 2 heterocycles. The molecule has 40 heavy (non-hydrogen) atoms. The summed E-state index contributed by atoms with van der Waals surface area (Å²) in [6.45, 7) is 4.53. The van der Waals surface area contributed by atoms with Gasteiger partial charge < -0.3 is 30.6 Å². The van der Waals surface area contributed by atoms with Crippen molar-refractivity contribution >= 4 is 24.2 Å². The van der Waals surface area contributed by atoms with E-state index in [1.807, 2.05) is 0 Å². The molecule has 4 rings (SSSR count). The summed E-state index contributed by atoms with van der Waals surface area (Å²) >= 11 is 0. The van der Waals surface area contributed by atoms with Gasteiger partial charge in [-0.1, -0.05) is 0 Å². The second kappa shape index (κ2) is 14.0. The zero-order valence-corrected chi connectivity index (χ0v) is 23.3. The first-order valence-corrected chi connectivity index (χ1v) is 13.9. The minimum atomic E-state index is -0.157. The molecular formula is C30H40N6O4. The lowest BCUT2D eigenvalue weighted by Crippen LogP contribution is -2.43. The Bertz CT molecular complexity index is 1140. The van der Waals surface area contributed by atoms with Gasteiger partial charge in [-0.05, 0) is 102 Å². The molecule has 0 aliphatic carbocycles. The molecule has 2 aliphatic heterocycles. The van der Waals surface area contributed by atoms with E-state index in [1.54, 1.807) is 24.3 Å². The van der Waals surface area contributed by atoms with Crippen molar-refractivity contribution in [1.29, 1.82) is 0 Å². The molecule has 0 spiro atoms. The molecule has 0 bridgehead atoms. The molecule has 10 nitrogen and oxygen atoms in total. The lowest BCUT2D eigenvalue weighted by atomic mass is 10.0. The number of phenols is 2. The van der Waals surface area contributed by atoms with Crippen molar-refractivity contribution in [2.75, 3.05) is 53.4 Å². The summed E-state index contributed by atoms with van der Waals surface area (Å²) in [6.07, 6.45) is 6.74. The summed E-state index contributed by atoms with van der Waals surface area (Å²) in [7, 11) is 4.16. The van der Waals surface area contributed by atoms with E-state index in [2.05, 4.69) is 44.5 Å². The lowest BCUT2D eigenvalue weighted by molar-refractivity contribution is 0.0908. The normalized spacial score (nSPS) is 17.9. The van der Waals surface area contributed by atoms with Gasteiger partial charge in [0.2, 0.25) is 0 Å². The van der Waals surface area contributed by atoms with Crippen molar-refractivity contribution in [2.45, 2.75) is 37.8 Å². The summed E-state index contributed by atoms with van der Waals surface area (Å²) in [5, 5.41) is 26.6. The highest BCUT2D eigenvalue weighted by atomic mass is 16.3. The summed E-state index contributed by atoms with van der Waals surface area (Å²) in [6, 6.07) is 9.79. The first kappa shape index (κ1) is 29.2. The first-order chi connectivity index (χ1) is 19.3. The number of carbonyl (C=O) groups is 2. The van der Waals surface area contributed by atoms with Crippen molar-refractivity contribution in [3.05, 3.63) is 58.7 Å². The number of likely N-dealkylation sites (tertiary alicyclic amines) is 2. The number of rotatable bonds is 9. The molecule has 0 atom stereocenters. The zero-order chi connectivity index (χ0) is 28.5. The van der Waals surface area contributed by atoms with Crippen molar-refractivity contribution < 1.29 is 19.8 Å². The number of hydrogen-bond acceptors (Lipinski definition) is 8. The van der Waals surface area contributed by atoms with E-state index in [1.165, 1.54) is 24.6 Å². The van der Waals surface area contributed by atoms with Gasteiger partial charge in [-0.2, -0.15) is 0 Å². The Hall–Kier alpha value is -3.76. The maximum absolute atomic E-state index is 12.7. The molecule has 2 aromatic rings. The van der Waals surface area contributed by atoms with E-state index in [0.717, 1.165) is 51.9 Å². The molecule has 0 unspecified atom stereocenters. The maximum atomic E-state index is 12.7. The van der Waals surface area contributed by atoms with Crippen molar-refractivity contribution in [3.8, 4) is 11.5 Å². The monoisotopic (exact) mass is 548 g/mol. The van der Waals surface area contributed by atoms with E-state index >= 15 is 0 Å². The fraction of sp³-hybridized carbons (Fsp3) is 0.467. The van der Waals surface area contributed by atoms with Crippen LogP contribution in [-0.2, 0) is 0 Å². The Morgan fingerprint density at radius 3 is 1.50 bits per heavy atom. The highest BCUT2D eigenvalue weighted by molar-refractivity contribution is 5.98. The standard InChI is InChI=1S/C30H40N6O4/c1-35-13-7-25(8-14-35)33-29(39)21-3-5-27(37)23(17-21)19-31-11-12-32-20-24-18-22(4-6-28(24)38)30(40)34-26-9-15-36(2)16-10-26/h3-6,17-20,25-26,37-38H,7-16H2,1-2H3,(H,33,39)(H,34,40). The van der Waals surface area contributed by atoms with Gasteiger partial charge in [-0.25, -0.2) is 0 Å². The lowest BCUT2D eigenvalue weighted by Gasteiger charge is -2.29. The van der Waals surface area contributed by atoms with E-state index < -0.39 is 0 Å². The van der Waals surface area contributed by atoms with Crippen molar-refractivity contribution in [2.24, 2.45) is 9.98 Å². The van der Waals surface area contributed by atoms with E-state index in [0.29, 0.717) is 35.3 Å². The molecule has 0 radical (unpaired) electrons. The van der Waals surface area contributed by atoms with Gasteiger partial charge >= 0.3 is 0 Å². The van der Waals surface area contributed by atoms with Crippen LogP contribution in [0, 0.1) is 0 Å². The third-order valence-electron chi connectivity index (χ3n) is 7.51. The molecule has 2 fully saturated rings. The van der Waals surface area contributed by atoms with Crippen molar-refractivity contribution in [3.63, 3.8) is 0 Å². The van der Waals surface area contributed by atoms with E-state index in [-0.39, 0.29) is 35.4 Å². The Morgan fingerprint density at radius 2 is 1.12 bits per heavy atom. The van der Waals surface area contributed by atoms with Gasteiger partial charge in [0.25, 0.3) is 11.8 Å². The largest absolute Gasteiger partial charge is 0.507 e. The van der Waals surface area contributed by atoms with Crippen LogP contribution in [-0.4, -0.2) is 110 Å². The second-order valence-electron chi connectivity index (χ2n) is 10.7. The summed E-state index contributed by atoms with van der Waals surface area (Å²) < 4.78 is 0. The molecular weight excluding hydrogens is 508 g/mol. The number of phenolic OH excluding ortho intramolecular Hbond substituents is 2. The van der Waals surface area contributed by atoms with E-state index in [9.17, 15) is 19.8 Å². The quantitative estimate of drug-likeness (QED) is 0.281. The van der Waals surface area contributed by atoms with Gasteiger partial charge in [0.05, 0.1) is 13.1 Å². The van der Waals surface area contributed by atoms with Crippen LogP contribution in [0.3, 0.4) is 0 Å². The van der Waals surface area contributed by atoms with Crippen molar-refractivity contribution in [1.82, 2.24) is 20.4 Å². The zero-order valence-electron chi connectivity index (χ0n) is 23.3. The number of aliphatic imine (C=N–C) groups is 2. The molecule has 2 aliphatic rings. The van der Waals surface area contributed by atoms with Crippen LogP contribution in [0.15, 0.2) is 46.4 Å². The fourth-order valence-corrected chi connectivity index (χ4v) is 4.88. The number of amides is 2. The molecule has 2 saturated heterocycles. The van der Waals surface area contributed by atoms with Crippen LogP contribution in [0.4, 0.5) is 0 Å². The highest BCUT2D eigenvalue weighted by Gasteiger charge is 2.20. The minimum Gasteiger partial charge on any atom is -0.507 e. The van der Waals surface area contributed by atoms with Gasteiger partial charge in [0, 0.05) is 46.8 Å². The number of nitrogens with one attached hydrogen (secondary N) is 2. The topological polar surface area (TPSA) is 130 Å². The molecule has 2 aromatic carbocycles. The van der Waals surface area contributed by atoms with E-state index in [4.69, 9.17) is 0 Å². The molecule has 4 N–H and O–H groups in total. The van der Waals surface area contributed by atoms with Crippen LogP contribution in [0.1, 0.15) is 57.5 Å². The van der Waals surface area contributed by atoms with Gasteiger partial charge in [0.1, 0.15) is 11.5 Å². The Balaban J connectivity index is 1.27. The average molecular weight is 549 g/mol. The number of nitrogens with zero attached hydrogens (tertiary/aromatic N) is 4. The fourth-order valence-electron chi connectivity index (χ4n) is 4.88. The highest BCUT2D eigenvalue weighted by Crippen LogP contribution is 2.19. The second-order valence-corrected chi connectivity index (χ2v) is 10.7. The number of piperidine rings is 2. The summed E-state index contributed by atoms with van der Waals surface area (Å²) in [5.41, 5.74) is 1.87. The number of benzene rings is 2. The van der Waals surface area contributed by atoms with Gasteiger partial charge in [-0.3, -0.25) is 19.6 Å². The number of aromatic hydroxyl groups is 2. The first-order valence-electron chi connectivity index (χ1n) is 13.9. The average Bonchev–Trinajstić information content (AvgIpc) is 2.94. The Labute approximate surface area is 235 Å². The minimum absolute atomic E-state index is 0.0448.